The number of sulfonamides is 1. The van der Waals surface area contributed by atoms with Gasteiger partial charge >= 0.3 is 0 Å². The first kappa shape index (κ1) is 20.9. The lowest BCUT2D eigenvalue weighted by atomic mass is 10.0. The average Bonchev–Trinajstić information content (AvgIpc) is 2.65. The number of amides is 1. The van der Waals surface area contributed by atoms with Crippen LogP contribution in [0.3, 0.4) is 0 Å². The Bertz CT molecular complexity index is 862. The van der Waals surface area contributed by atoms with Crippen LogP contribution in [0.5, 0.6) is 5.75 Å². The molecule has 0 aliphatic rings. The maximum Gasteiger partial charge on any atom is 0.262 e. The molecule has 0 aliphatic heterocycles. The molecule has 0 unspecified atom stereocenters. The van der Waals surface area contributed by atoms with Crippen molar-refractivity contribution in [2.45, 2.75) is 38.0 Å². The molecule has 0 saturated heterocycles. The highest BCUT2D eigenvalue weighted by molar-refractivity contribution is 7.89. The second kappa shape index (κ2) is 9.53. The number of hydrogen-bond acceptors (Lipinski definition) is 4. The molecule has 146 valence electrons. The van der Waals surface area contributed by atoms with Gasteiger partial charge in [0.2, 0.25) is 10.0 Å². The van der Waals surface area contributed by atoms with Crippen molar-refractivity contribution in [2.75, 3.05) is 18.5 Å². The molecule has 7 heteroatoms. The summed E-state index contributed by atoms with van der Waals surface area (Å²) in [5.74, 6) is 0.666. The maximum atomic E-state index is 12.1. The molecule has 2 aromatic rings. The van der Waals surface area contributed by atoms with Crippen molar-refractivity contribution in [3.63, 3.8) is 0 Å². The van der Waals surface area contributed by atoms with Crippen LogP contribution < -0.4 is 14.8 Å². The van der Waals surface area contributed by atoms with Gasteiger partial charge < -0.3 is 10.1 Å². The van der Waals surface area contributed by atoms with E-state index in [-0.39, 0.29) is 17.4 Å². The minimum Gasteiger partial charge on any atom is -0.483 e. The monoisotopic (exact) mass is 390 g/mol. The number of carbonyl (C=O) groups is 1. The Kier molecular flexibility index (Phi) is 7.38. The van der Waals surface area contributed by atoms with Crippen molar-refractivity contribution < 1.29 is 17.9 Å². The summed E-state index contributed by atoms with van der Waals surface area (Å²) in [6, 6.07) is 13.7. The third-order valence-corrected chi connectivity index (χ3v) is 5.37. The summed E-state index contributed by atoms with van der Waals surface area (Å²) in [6.45, 7) is 6.28. The van der Waals surface area contributed by atoms with Crippen LogP contribution in [0.2, 0.25) is 0 Å². The number of rotatable bonds is 9. The highest BCUT2D eigenvalue weighted by Gasteiger charge is 2.13. The summed E-state index contributed by atoms with van der Waals surface area (Å²) in [7, 11) is -3.51. The number of carbonyl (C=O) groups excluding carboxylic acids is 1. The van der Waals surface area contributed by atoms with Gasteiger partial charge in [0.25, 0.3) is 5.91 Å². The Morgan fingerprint density at radius 1 is 1.07 bits per heavy atom. The largest absolute Gasteiger partial charge is 0.483 e. The van der Waals surface area contributed by atoms with E-state index in [1.807, 2.05) is 31.2 Å². The van der Waals surface area contributed by atoms with Gasteiger partial charge in [-0.3, -0.25) is 4.79 Å². The molecular weight excluding hydrogens is 364 g/mol. The second-order valence-corrected chi connectivity index (χ2v) is 8.22. The van der Waals surface area contributed by atoms with Gasteiger partial charge in [0.1, 0.15) is 5.75 Å². The Morgan fingerprint density at radius 3 is 2.37 bits per heavy atom. The molecule has 1 amide bonds. The number of hydrogen-bond donors (Lipinski definition) is 2. The fourth-order valence-electron chi connectivity index (χ4n) is 2.47. The van der Waals surface area contributed by atoms with Crippen molar-refractivity contribution >= 4 is 21.6 Å². The molecule has 0 bridgehead atoms. The second-order valence-electron chi connectivity index (χ2n) is 6.45. The summed E-state index contributed by atoms with van der Waals surface area (Å²) in [4.78, 5) is 12.3. The molecule has 2 N–H and O–H groups in total. The first-order valence-electron chi connectivity index (χ1n) is 8.94. The van der Waals surface area contributed by atoms with Crippen molar-refractivity contribution in [1.29, 1.82) is 0 Å². The summed E-state index contributed by atoms with van der Waals surface area (Å²) >= 11 is 0. The molecule has 0 atom stereocenters. The molecule has 0 fully saturated rings. The van der Waals surface area contributed by atoms with E-state index in [4.69, 9.17) is 4.74 Å². The molecule has 0 spiro atoms. The van der Waals surface area contributed by atoms with Crippen LogP contribution in [-0.4, -0.2) is 27.5 Å². The van der Waals surface area contributed by atoms with Crippen LogP contribution in [-0.2, 0) is 14.8 Å². The van der Waals surface area contributed by atoms with Crippen molar-refractivity contribution in [1.82, 2.24) is 4.72 Å². The predicted molar refractivity (Wildman–Crippen MR) is 107 cm³/mol. The lowest BCUT2D eigenvalue weighted by Crippen LogP contribution is -2.24. The van der Waals surface area contributed by atoms with E-state index in [1.165, 1.54) is 12.1 Å². The minimum atomic E-state index is -3.51. The number of ether oxygens (including phenoxy) is 1. The van der Waals surface area contributed by atoms with Crippen molar-refractivity contribution in [2.24, 2.45) is 0 Å². The SMILES string of the molecule is CCCNS(=O)(=O)c1ccc(NC(=O)COc2ccccc2C(C)C)cc1. The van der Waals surface area contributed by atoms with E-state index in [0.29, 0.717) is 30.3 Å². The standard InChI is InChI=1S/C20H26N2O4S/c1-4-13-21-27(24,25)17-11-9-16(10-12-17)22-20(23)14-26-19-8-6-5-7-18(19)15(2)3/h5-12,15,21H,4,13-14H2,1-3H3,(H,22,23). The highest BCUT2D eigenvalue weighted by Crippen LogP contribution is 2.25. The quantitative estimate of drug-likeness (QED) is 0.686. The summed E-state index contributed by atoms with van der Waals surface area (Å²) in [6.07, 6.45) is 0.716. The molecule has 0 aliphatic carbocycles. The molecule has 0 saturated carbocycles. The van der Waals surface area contributed by atoms with Crippen LogP contribution in [0.4, 0.5) is 5.69 Å². The number of para-hydroxylation sites is 1. The third kappa shape index (κ3) is 6.08. The average molecular weight is 391 g/mol. The zero-order valence-corrected chi connectivity index (χ0v) is 16.7. The fourth-order valence-corrected chi connectivity index (χ4v) is 3.60. The molecule has 6 nitrogen and oxygen atoms in total. The van der Waals surface area contributed by atoms with Crippen molar-refractivity contribution in [3.8, 4) is 5.75 Å². The molecule has 27 heavy (non-hydrogen) atoms. The zero-order chi connectivity index (χ0) is 19.9. The van der Waals surface area contributed by atoms with Crippen LogP contribution >= 0.6 is 0 Å². The third-order valence-electron chi connectivity index (χ3n) is 3.89. The highest BCUT2D eigenvalue weighted by atomic mass is 32.2. The maximum absolute atomic E-state index is 12.1. The normalized spacial score (nSPS) is 11.4. The topological polar surface area (TPSA) is 84.5 Å². The summed E-state index contributed by atoms with van der Waals surface area (Å²) < 4.78 is 32.2. The Morgan fingerprint density at radius 2 is 1.74 bits per heavy atom. The smallest absolute Gasteiger partial charge is 0.262 e. The van der Waals surface area contributed by atoms with Gasteiger partial charge in [-0.2, -0.15) is 0 Å². The van der Waals surface area contributed by atoms with Gasteiger partial charge in [-0.25, -0.2) is 13.1 Å². The van der Waals surface area contributed by atoms with Crippen LogP contribution in [0, 0.1) is 0 Å². The zero-order valence-electron chi connectivity index (χ0n) is 15.9. The van der Waals surface area contributed by atoms with Gasteiger partial charge in [-0.15, -0.1) is 0 Å². The molecule has 0 radical (unpaired) electrons. The van der Waals surface area contributed by atoms with Crippen molar-refractivity contribution in [3.05, 3.63) is 54.1 Å². The molecular formula is C20H26N2O4S. The van der Waals surface area contributed by atoms with Crippen LogP contribution in [0.25, 0.3) is 0 Å². The van der Waals surface area contributed by atoms with E-state index >= 15 is 0 Å². The number of nitrogens with one attached hydrogen (secondary N) is 2. The lowest BCUT2D eigenvalue weighted by Gasteiger charge is -2.14. The minimum absolute atomic E-state index is 0.123. The molecule has 2 aromatic carbocycles. The van der Waals surface area contributed by atoms with E-state index in [1.54, 1.807) is 12.1 Å². The van der Waals surface area contributed by atoms with E-state index in [0.717, 1.165) is 5.56 Å². The lowest BCUT2D eigenvalue weighted by molar-refractivity contribution is -0.118. The molecule has 0 heterocycles. The Balaban J connectivity index is 1.95. The van der Waals surface area contributed by atoms with E-state index in [9.17, 15) is 13.2 Å². The fraction of sp³-hybridized carbons (Fsp3) is 0.350. The van der Waals surface area contributed by atoms with E-state index in [2.05, 4.69) is 23.9 Å². The molecule has 2 rings (SSSR count). The summed E-state index contributed by atoms with van der Waals surface area (Å²) in [5, 5.41) is 2.70. The van der Waals surface area contributed by atoms with Crippen LogP contribution in [0.1, 0.15) is 38.7 Å². The van der Waals surface area contributed by atoms with Crippen LogP contribution in [0.15, 0.2) is 53.4 Å². The van der Waals surface area contributed by atoms with Gasteiger partial charge in [0.15, 0.2) is 6.61 Å². The van der Waals surface area contributed by atoms with E-state index < -0.39 is 10.0 Å². The predicted octanol–water partition coefficient (Wildman–Crippen LogP) is 3.52. The Labute approximate surface area is 161 Å². The number of anilines is 1. The van der Waals surface area contributed by atoms with Gasteiger partial charge in [-0.05, 0) is 48.2 Å². The summed E-state index contributed by atoms with van der Waals surface area (Å²) in [5.41, 5.74) is 1.55. The number of benzene rings is 2. The first-order valence-corrected chi connectivity index (χ1v) is 10.4. The first-order chi connectivity index (χ1) is 12.8. The van der Waals surface area contributed by atoms with Gasteiger partial charge in [0.05, 0.1) is 4.90 Å². The van der Waals surface area contributed by atoms with Gasteiger partial charge in [0, 0.05) is 12.2 Å². The van der Waals surface area contributed by atoms with Gasteiger partial charge in [-0.1, -0.05) is 39.0 Å². The Hall–Kier alpha value is -2.38. The molecule has 0 aromatic heterocycles.